The molecular formula is C15H23NO3. The van der Waals surface area contributed by atoms with Gasteiger partial charge >= 0.3 is 5.97 Å². The number of aromatic carboxylic acids is 1. The highest BCUT2D eigenvalue weighted by atomic mass is 16.5. The Hall–Kier alpha value is -1.55. The first-order valence-electron chi connectivity index (χ1n) is 6.28. The predicted octanol–water partition coefficient (Wildman–Crippen LogP) is 3.09. The number of benzene rings is 1. The van der Waals surface area contributed by atoms with E-state index < -0.39 is 11.7 Å². The fourth-order valence-electron chi connectivity index (χ4n) is 1.81. The van der Waals surface area contributed by atoms with Crippen LogP contribution in [0.25, 0.3) is 0 Å². The van der Waals surface area contributed by atoms with Gasteiger partial charge in [0.2, 0.25) is 0 Å². The Balaban J connectivity index is 3.02. The van der Waals surface area contributed by atoms with Crippen LogP contribution >= 0.6 is 0 Å². The smallest absolute Gasteiger partial charge is 0.335 e. The summed E-state index contributed by atoms with van der Waals surface area (Å²) in [6.07, 6.45) is 0. The zero-order valence-electron chi connectivity index (χ0n) is 12.5. The van der Waals surface area contributed by atoms with Crippen LogP contribution in [-0.2, 0) is 0 Å². The summed E-state index contributed by atoms with van der Waals surface area (Å²) in [5.41, 5.74) is -0.325. The molecule has 0 saturated carbocycles. The number of carboxylic acid groups (broad SMARTS) is 1. The third-order valence-electron chi connectivity index (χ3n) is 3.66. The summed E-state index contributed by atoms with van der Waals surface area (Å²) >= 11 is 0. The highest BCUT2D eigenvalue weighted by molar-refractivity contribution is 5.87. The second-order valence-electron chi connectivity index (χ2n) is 6.06. The minimum atomic E-state index is -0.933. The number of ether oxygens (including phenoxy) is 1. The van der Waals surface area contributed by atoms with Crippen LogP contribution in [-0.4, -0.2) is 35.8 Å². The van der Waals surface area contributed by atoms with Gasteiger partial charge < -0.3 is 9.84 Å². The Labute approximate surface area is 115 Å². The van der Waals surface area contributed by atoms with E-state index >= 15 is 0 Å². The highest BCUT2D eigenvalue weighted by Gasteiger charge is 2.42. The van der Waals surface area contributed by atoms with Gasteiger partial charge in [-0.1, -0.05) is 20.8 Å². The van der Waals surface area contributed by atoms with Crippen LogP contribution in [0, 0.1) is 5.41 Å². The summed E-state index contributed by atoms with van der Waals surface area (Å²) in [6.45, 7) is 8.36. The van der Waals surface area contributed by atoms with Crippen molar-refractivity contribution >= 4 is 5.97 Å². The monoisotopic (exact) mass is 265 g/mol. The number of rotatable bonds is 4. The lowest BCUT2D eigenvalue weighted by atomic mass is 9.83. The second-order valence-corrected chi connectivity index (χ2v) is 6.06. The summed E-state index contributed by atoms with van der Waals surface area (Å²) in [4.78, 5) is 12.8. The van der Waals surface area contributed by atoms with Crippen molar-refractivity contribution in [3.8, 4) is 5.75 Å². The van der Waals surface area contributed by atoms with Gasteiger partial charge in [0.1, 0.15) is 5.75 Å². The molecule has 0 bridgehead atoms. The van der Waals surface area contributed by atoms with E-state index in [0.29, 0.717) is 5.75 Å². The van der Waals surface area contributed by atoms with Gasteiger partial charge in [0.25, 0.3) is 0 Å². The molecule has 1 N–H and O–H groups in total. The zero-order chi connectivity index (χ0) is 14.8. The Morgan fingerprint density at radius 2 is 1.58 bits per heavy atom. The van der Waals surface area contributed by atoms with E-state index in [1.165, 1.54) is 0 Å². The molecule has 1 aromatic carbocycles. The number of nitrogens with zero attached hydrogens (tertiary/aromatic N) is 1. The van der Waals surface area contributed by atoms with Gasteiger partial charge in [-0.05, 0) is 45.3 Å². The van der Waals surface area contributed by atoms with Crippen LogP contribution in [0.5, 0.6) is 5.75 Å². The van der Waals surface area contributed by atoms with Crippen molar-refractivity contribution in [2.45, 2.75) is 33.4 Å². The van der Waals surface area contributed by atoms with Crippen molar-refractivity contribution in [1.82, 2.24) is 4.90 Å². The molecule has 0 spiro atoms. The van der Waals surface area contributed by atoms with Crippen molar-refractivity contribution < 1.29 is 14.6 Å². The minimum Gasteiger partial charge on any atom is -0.478 e. The van der Waals surface area contributed by atoms with Crippen LogP contribution in [0.2, 0.25) is 0 Å². The maximum atomic E-state index is 10.8. The third-order valence-corrected chi connectivity index (χ3v) is 3.66. The van der Waals surface area contributed by atoms with E-state index in [4.69, 9.17) is 9.84 Å². The van der Waals surface area contributed by atoms with Gasteiger partial charge in [-0.15, -0.1) is 0 Å². The fourth-order valence-corrected chi connectivity index (χ4v) is 1.81. The Kier molecular flexibility index (Phi) is 4.25. The number of hydrogen-bond donors (Lipinski definition) is 1. The highest BCUT2D eigenvalue weighted by Crippen LogP contribution is 2.36. The average molecular weight is 265 g/mol. The molecule has 1 rings (SSSR count). The summed E-state index contributed by atoms with van der Waals surface area (Å²) in [7, 11) is 3.94. The first-order valence-corrected chi connectivity index (χ1v) is 6.28. The van der Waals surface area contributed by atoms with Crippen molar-refractivity contribution in [2.75, 3.05) is 14.1 Å². The third kappa shape index (κ3) is 3.26. The van der Waals surface area contributed by atoms with Gasteiger partial charge in [0.15, 0.2) is 5.72 Å². The molecule has 0 aliphatic heterocycles. The molecule has 1 unspecified atom stereocenters. The molecule has 0 aliphatic rings. The van der Waals surface area contributed by atoms with E-state index in [2.05, 4.69) is 20.8 Å². The number of carboxylic acids is 1. The molecule has 0 fully saturated rings. The standard InChI is InChI=1S/C15H23NO3/c1-14(2,3)15(4,16(5)6)19-12-9-7-11(8-10-12)13(17)18/h7-10H,1-6H3,(H,17,18). The van der Waals surface area contributed by atoms with Crippen LogP contribution in [0.1, 0.15) is 38.1 Å². The molecule has 0 aromatic heterocycles. The molecule has 19 heavy (non-hydrogen) atoms. The number of carbonyl (C=O) groups is 1. The fraction of sp³-hybridized carbons (Fsp3) is 0.533. The first-order chi connectivity index (χ1) is 8.58. The molecule has 4 nitrogen and oxygen atoms in total. The molecule has 1 aromatic rings. The lowest BCUT2D eigenvalue weighted by molar-refractivity contribution is -0.122. The molecule has 0 saturated heterocycles. The predicted molar refractivity (Wildman–Crippen MR) is 75.6 cm³/mol. The van der Waals surface area contributed by atoms with Crippen LogP contribution < -0.4 is 4.74 Å². The van der Waals surface area contributed by atoms with Crippen LogP contribution in [0.3, 0.4) is 0 Å². The van der Waals surface area contributed by atoms with E-state index in [-0.39, 0.29) is 11.0 Å². The molecule has 0 aliphatic carbocycles. The molecule has 0 amide bonds. The first kappa shape index (κ1) is 15.5. The maximum Gasteiger partial charge on any atom is 0.335 e. The maximum absolute atomic E-state index is 10.8. The van der Waals surface area contributed by atoms with Gasteiger partial charge in [0.05, 0.1) is 5.56 Å². The van der Waals surface area contributed by atoms with Gasteiger partial charge in [-0.25, -0.2) is 4.79 Å². The molecule has 0 radical (unpaired) electrons. The van der Waals surface area contributed by atoms with E-state index in [9.17, 15) is 4.79 Å². The summed E-state index contributed by atoms with van der Waals surface area (Å²) < 4.78 is 6.10. The second kappa shape index (κ2) is 5.21. The van der Waals surface area contributed by atoms with Crippen molar-refractivity contribution in [1.29, 1.82) is 0 Å². The summed E-state index contributed by atoms with van der Waals surface area (Å²) in [5, 5.41) is 8.88. The number of hydrogen-bond acceptors (Lipinski definition) is 3. The summed E-state index contributed by atoms with van der Waals surface area (Å²) in [5.74, 6) is -0.270. The van der Waals surface area contributed by atoms with Crippen LogP contribution in [0.15, 0.2) is 24.3 Å². The molecule has 1 atom stereocenters. The molecule has 106 valence electrons. The van der Waals surface area contributed by atoms with Crippen molar-refractivity contribution in [2.24, 2.45) is 5.41 Å². The quantitative estimate of drug-likeness (QED) is 0.850. The van der Waals surface area contributed by atoms with Crippen molar-refractivity contribution in [3.63, 3.8) is 0 Å². The normalized spacial score (nSPS) is 15.1. The van der Waals surface area contributed by atoms with Gasteiger partial charge in [-0.2, -0.15) is 0 Å². The summed E-state index contributed by atoms with van der Waals surface area (Å²) in [6, 6.07) is 6.49. The Morgan fingerprint density at radius 3 is 1.89 bits per heavy atom. The van der Waals surface area contributed by atoms with Gasteiger partial charge in [0, 0.05) is 5.41 Å². The largest absolute Gasteiger partial charge is 0.478 e. The lowest BCUT2D eigenvalue weighted by Gasteiger charge is -2.46. The van der Waals surface area contributed by atoms with Crippen molar-refractivity contribution in [3.05, 3.63) is 29.8 Å². The topological polar surface area (TPSA) is 49.8 Å². The van der Waals surface area contributed by atoms with E-state index in [0.717, 1.165) is 0 Å². The average Bonchev–Trinajstić information content (AvgIpc) is 2.27. The molecular weight excluding hydrogens is 242 g/mol. The Morgan fingerprint density at radius 1 is 1.11 bits per heavy atom. The van der Waals surface area contributed by atoms with Gasteiger partial charge in [-0.3, -0.25) is 4.90 Å². The van der Waals surface area contributed by atoms with Crippen LogP contribution in [0.4, 0.5) is 0 Å². The minimum absolute atomic E-state index is 0.0953. The van der Waals surface area contributed by atoms with E-state index in [1.807, 2.05) is 25.9 Å². The van der Waals surface area contributed by atoms with E-state index in [1.54, 1.807) is 24.3 Å². The molecule has 0 heterocycles. The zero-order valence-corrected chi connectivity index (χ0v) is 12.5. The lowest BCUT2D eigenvalue weighted by Crippen LogP contribution is -2.56. The Bertz CT molecular complexity index is 445. The SMILES string of the molecule is CN(C)C(C)(Oc1ccc(C(=O)O)cc1)C(C)(C)C. The molecule has 4 heteroatoms.